The van der Waals surface area contributed by atoms with Crippen LogP contribution in [0.5, 0.6) is 5.88 Å². The maximum Gasteiger partial charge on any atom is 0.218 e. The van der Waals surface area contributed by atoms with E-state index < -0.39 is 0 Å². The molecule has 1 N–H and O–H groups in total. The molecule has 4 nitrogen and oxygen atoms in total. The molecule has 0 fully saturated rings. The van der Waals surface area contributed by atoms with Crippen LogP contribution in [0.25, 0.3) is 0 Å². The first-order chi connectivity index (χ1) is 7.76. The Bertz CT molecular complexity index is 309. The molecule has 16 heavy (non-hydrogen) atoms. The smallest absolute Gasteiger partial charge is 0.218 e. The van der Waals surface area contributed by atoms with Crippen LogP contribution >= 0.6 is 11.8 Å². The van der Waals surface area contributed by atoms with Crippen LogP contribution in [0.2, 0.25) is 0 Å². The van der Waals surface area contributed by atoms with Gasteiger partial charge < -0.3 is 10.1 Å². The highest BCUT2D eigenvalue weighted by atomic mass is 32.2. The zero-order valence-corrected chi connectivity index (χ0v) is 10.9. The molecule has 0 amide bonds. The van der Waals surface area contributed by atoms with Gasteiger partial charge in [0, 0.05) is 17.9 Å². The molecule has 1 aromatic rings. The molecule has 0 radical (unpaired) electrons. The Balaban J connectivity index is 2.49. The molecule has 0 bridgehead atoms. The van der Waals surface area contributed by atoms with Gasteiger partial charge in [0.25, 0.3) is 0 Å². The molecule has 1 rings (SSSR count). The summed E-state index contributed by atoms with van der Waals surface area (Å²) in [5.74, 6) is 3.66. The topological polar surface area (TPSA) is 47.0 Å². The van der Waals surface area contributed by atoms with E-state index in [0.717, 1.165) is 17.3 Å². The molecule has 0 spiro atoms. The highest BCUT2D eigenvalue weighted by molar-refractivity contribution is 7.99. The lowest BCUT2D eigenvalue weighted by molar-refractivity contribution is 0.326. The molecule has 0 aliphatic heterocycles. The highest BCUT2D eigenvalue weighted by Gasteiger charge is 2.04. The first-order valence-corrected chi connectivity index (χ1v) is 6.70. The molecule has 0 aromatic carbocycles. The van der Waals surface area contributed by atoms with Crippen molar-refractivity contribution in [2.45, 2.75) is 26.8 Å². The van der Waals surface area contributed by atoms with Crippen LogP contribution in [-0.2, 0) is 0 Å². The monoisotopic (exact) mass is 241 g/mol. The summed E-state index contributed by atoms with van der Waals surface area (Å²) < 4.78 is 5.31. The van der Waals surface area contributed by atoms with E-state index in [9.17, 15) is 0 Å². The second-order valence-corrected chi connectivity index (χ2v) is 4.70. The van der Waals surface area contributed by atoms with E-state index in [1.807, 2.05) is 24.8 Å². The number of rotatable bonds is 7. The second-order valence-electron chi connectivity index (χ2n) is 3.38. The van der Waals surface area contributed by atoms with Gasteiger partial charge in [0.2, 0.25) is 5.88 Å². The first-order valence-electron chi connectivity index (χ1n) is 5.55. The third-order valence-corrected chi connectivity index (χ3v) is 3.04. The molecule has 5 heteroatoms. The lowest BCUT2D eigenvalue weighted by Crippen LogP contribution is -2.19. The van der Waals surface area contributed by atoms with Gasteiger partial charge >= 0.3 is 0 Å². The van der Waals surface area contributed by atoms with Crippen LogP contribution in [-0.4, -0.2) is 34.1 Å². The van der Waals surface area contributed by atoms with E-state index in [1.54, 1.807) is 0 Å². The summed E-state index contributed by atoms with van der Waals surface area (Å²) in [7, 11) is 0. The Hall–Kier alpha value is -0.970. The summed E-state index contributed by atoms with van der Waals surface area (Å²) in [6.07, 6.45) is 1.52. The Morgan fingerprint density at radius 2 is 2.25 bits per heavy atom. The van der Waals surface area contributed by atoms with Crippen LogP contribution in [0.1, 0.15) is 20.8 Å². The third-order valence-electron chi connectivity index (χ3n) is 1.90. The van der Waals surface area contributed by atoms with Gasteiger partial charge in [-0.2, -0.15) is 11.8 Å². The van der Waals surface area contributed by atoms with Gasteiger partial charge in [-0.1, -0.05) is 6.92 Å². The Morgan fingerprint density at radius 1 is 1.44 bits per heavy atom. The maximum absolute atomic E-state index is 5.31. The van der Waals surface area contributed by atoms with Crippen molar-refractivity contribution in [3.63, 3.8) is 0 Å². The van der Waals surface area contributed by atoms with Gasteiger partial charge in [-0.15, -0.1) is 0 Å². The predicted octanol–water partition coefficient (Wildman–Crippen LogP) is 2.43. The standard InChI is InChI=1S/C11H19N3OS/c1-4-15-11-6-10(12-8-13-11)14-9(3)7-16-5-2/h6,8-9H,4-5,7H2,1-3H3,(H,12,13,14). The fourth-order valence-electron chi connectivity index (χ4n) is 1.23. The minimum atomic E-state index is 0.398. The Morgan fingerprint density at radius 3 is 2.94 bits per heavy atom. The van der Waals surface area contributed by atoms with Crippen molar-refractivity contribution in [1.29, 1.82) is 0 Å². The van der Waals surface area contributed by atoms with Crippen molar-refractivity contribution in [3.05, 3.63) is 12.4 Å². The van der Waals surface area contributed by atoms with Crippen molar-refractivity contribution < 1.29 is 4.74 Å². The van der Waals surface area contributed by atoms with E-state index in [4.69, 9.17) is 4.74 Å². The third kappa shape index (κ3) is 4.70. The number of hydrogen-bond donors (Lipinski definition) is 1. The summed E-state index contributed by atoms with van der Waals surface area (Å²) in [4.78, 5) is 8.18. The van der Waals surface area contributed by atoms with Crippen molar-refractivity contribution in [1.82, 2.24) is 9.97 Å². The molecular weight excluding hydrogens is 222 g/mol. The van der Waals surface area contributed by atoms with Crippen LogP contribution in [0, 0.1) is 0 Å². The number of nitrogens with zero attached hydrogens (tertiary/aromatic N) is 2. The molecule has 90 valence electrons. The average Bonchev–Trinajstić information content (AvgIpc) is 2.27. The Labute approximate surface area is 101 Å². The maximum atomic E-state index is 5.31. The van der Waals surface area contributed by atoms with Gasteiger partial charge in [-0.3, -0.25) is 0 Å². The number of hydrogen-bond acceptors (Lipinski definition) is 5. The fraction of sp³-hybridized carbons (Fsp3) is 0.636. The van der Waals surface area contributed by atoms with Gasteiger partial charge in [0.05, 0.1) is 6.61 Å². The van der Waals surface area contributed by atoms with Crippen LogP contribution in [0.3, 0.4) is 0 Å². The normalized spacial score (nSPS) is 12.2. The molecular formula is C11H19N3OS. The number of aromatic nitrogens is 2. The summed E-state index contributed by atoms with van der Waals surface area (Å²) >= 11 is 1.91. The minimum Gasteiger partial charge on any atom is -0.478 e. The summed E-state index contributed by atoms with van der Waals surface area (Å²) in [6, 6.07) is 2.23. The molecule has 1 aromatic heterocycles. The zero-order chi connectivity index (χ0) is 11.8. The summed E-state index contributed by atoms with van der Waals surface area (Å²) in [5.41, 5.74) is 0. The predicted molar refractivity (Wildman–Crippen MR) is 69.3 cm³/mol. The van der Waals surface area contributed by atoms with E-state index in [2.05, 4.69) is 29.1 Å². The molecule has 0 saturated carbocycles. The quantitative estimate of drug-likeness (QED) is 0.794. The molecule has 0 saturated heterocycles. The van der Waals surface area contributed by atoms with Gasteiger partial charge in [-0.05, 0) is 19.6 Å². The largest absolute Gasteiger partial charge is 0.478 e. The first kappa shape index (κ1) is 13.1. The average molecular weight is 241 g/mol. The molecule has 1 heterocycles. The van der Waals surface area contributed by atoms with E-state index >= 15 is 0 Å². The summed E-state index contributed by atoms with van der Waals surface area (Å²) in [6.45, 7) is 6.87. The van der Waals surface area contributed by atoms with Gasteiger partial charge in [0.1, 0.15) is 12.1 Å². The minimum absolute atomic E-state index is 0.398. The lowest BCUT2D eigenvalue weighted by Gasteiger charge is -2.13. The SMILES string of the molecule is CCOc1cc(NC(C)CSCC)ncn1. The fourth-order valence-corrected chi connectivity index (χ4v) is 1.91. The Kier molecular flexibility index (Phi) is 6.00. The van der Waals surface area contributed by atoms with E-state index in [-0.39, 0.29) is 0 Å². The van der Waals surface area contributed by atoms with Crippen molar-refractivity contribution in [3.8, 4) is 5.88 Å². The molecule has 0 aliphatic carbocycles. The van der Waals surface area contributed by atoms with Crippen LogP contribution < -0.4 is 10.1 Å². The van der Waals surface area contributed by atoms with Crippen molar-refractivity contribution in [2.24, 2.45) is 0 Å². The van der Waals surface area contributed by atoms with Gasteiger partial charge in [0.15, 0.2) is 0 Å². The number of nitrogens with one attached hydrogen (secondary N) is 1. The number of anilines is 1. The zero-order valence-electron chi connectivity index (χ0n) is 10.1. The van der Waals surface area contributed by atoms with Crippen molar-refractivity contribution >= 4 is 17.6 Å². The van der Waals surface area contributed by atoms with E-state index in [1.165, 1.54) is 6.33 Å². The van der Waals surface area contributed by atoms with Crippen molar-refractivity contribution in [2.75, 3.05) is 23.4 Å². The van der Waals surface area contributed by atoms with Gasteiger partial charge in [-0.25, -0.2) is 9.97 Å². The lowest BCUT2D eigenvalue weighted by atomic mass is 10.4. The summed E-state index contributed by atoms with van der Waals surface area (Å²) in [5, 5.41) is 3.32. The molecule has 1 unspecified atom stereocenters. The number of thioether (sulfide) groups is 1. The van der Waals surface area contributed by atoms with E-state index in [0.29, 0.717) is 18.5 Å². The number of ether oxygens (including phenoxy) is 1. The molecule has 1 atom stereocenters. The molecule has 0 aliphatic rings. The second kappa shape index (κ2) is 7.33. The van der Waals surface area contributed by atoms with Crippen LogP contribution in [0.4, 0.5) is 5.82 Å². The highest BCUT2D eigenvalue weighted by Crippen LogP contribution is 2.13. The van der Waals surface area contributed by atoms with Crippen LogP contribution in [0.15, 0.2) is 12.4 Å².